The van der Waals surface area contributed by atoms with Crippen molar-refractivity contribution in [3.63, 3.8) is 0 Å². The molecule has 0 unspecified atom stereocenters. The molecular weight excluding hydrogens is 517 g/mol. The number of halogens is 1. The van der Waals surface area contributed by atoms with E-state index in [9.17, 15) is 22.4 Å². The van der Waals surface area contributed by atoms with Crippen molar-refractivity contribution in [3.8, 4) is 0 Å². The van der Waals surface area contributed by atoms with Crippen LogP contribution in [-0.4, -0.2) is 50.0 Å². The van der Waals surface area contributed by atoms with Gasteiger partial charge in [0.1, 0.15) is 18.4 Å². The van der Waals surface area contributed by atoms with Gasteiger partial charge in [-0.05, 0) is 55.2 Å². The zero-order chi connectivity index (χ0) is 28.6. The van der Waals surface area contributed by atoms with E-state index in [1.54, 1.807) is 43.3 Å². The minimum Gasteiger partial charge on any atom is -0.352 e. The molecule has 0 saturated carbocycles. The molecule has 2 atom stereocenters. The molecule has 7 nitrogen and oxygen atoms in total. The molecular formula is C30H36FN3O4S. The minimum absolute atomic E-state index is 0.00405. The number of carbonyl (C=O) groups excluding carboxylic acids is 2. The number of benzene rings is 3. The van der Waals surface area contributed by atoms with Crippen molar-refractivity contribution in [3.05, 3.63) is 101 Å². The maximum absolute atomic E-state index is 14.0. The summed E-state index contributed by atoms with van der Waals surface area (Å²) in [5, 5.41) is 2.98. The van der Waals surface area contributed by atoms with Crippen molar-refractivity contribution >= 4 is 27.5 Å². The highest BCUT2D eigenvalue weighted by Gasteiger charge is 2.33. The van der Waals surface area contributed by atoms with Crippen molar-refractivity contribution < 1.29 is 22.4 Å². The molecule has 0 heterocycles. The molecule has 0 aliphatic heterocycles. The number of hydrogen-bond acceptors (Lipinski definition) is 4. The van der Waals surface area contributed by atoms with E-state index in [1.807, 2.05) is 44.2 Å². The van der Waals surface area contributed by atoms with Crippen LogP contribution in [0.3, 0.4) is 0 Å². The van der Waals surface area contributed by atoms with Crippen molar-refractivity contribution in [2.45, 2.75) is 52.2 Å². The third kappa shape index (κ3) is 8.38. The molecule has 0 bridgehead atoms. The first-order valence-corrected chi connectivity index (χ1v) is 14.8. The molecule has 0 aliphatic rings. The highest BCUT2D eigenvalue weighted by molar-refractivity contribution is 7.92. The minimum atomic E-state index is -3.84. The van der Waals surface area contributed by atoms with Gasteiger partial charge < -0.3 is 10.2 Å². The van der Waals surface area contributed by atoms with Gasteiger partial charge in [0, 0.05) is 19.0 Å². The zero-order valence-corrected chi connectivity index (χ0v) is 23.6. The van der Waals surface area contributed by atoms with Crippen LogP contribution in [0.4, 0.5) is 10.1 Å². The lowest BCUT2D eigenvalue weighted by molar-refractivity contribution is -0.140. The zero-order valence-electron chi connectivity index (χ0n) is 22.8. The van der Waals surface area contributed by atoms with Crippen molar-refractivity contribution in [1.82, 2.24) is 10.2 Å². The molecule has 0 saturated heterocycles. The Morgan fingerprint density at radius 3 is 2.13 bits per heavy atom. The normalized spacial score (nSPS) is 12.8. The highest BCUT2D eigenvalue weighted by Crippen LogP contribution is 2.23. The molecule has 39 heavy (non-hydrogen) atoms. The Labute approximate surface area is 230 Å². The summed E-state index contributed by atoms with van der Waals surface area (Å²) in [6, 6.07) is 20.9. The average Bonchev–Trinajstić information content (AvgIpc) is 2.90. The summed E-state index contributed by atoms with van der Waals surface area (Å²) in [5.41, 5.74) is 2.54. The topological polar surface area (TPSA) is 86.8 Å². The van der Waals surface area contributed by atoms with E-state index in [1.165, 1.54) is 17.0 Å². The van der Waals surface area contributed by atoms with Crippen LogP contribution in [0.5, 0.6) is 0 Å². The molecule has 0 fully saturated rings. The molecule has 208 valence electrons. The van der Waals surface area contributed by atoms with Gasteiger partial charge in [-0.15, -0.1) is 0 Å². The van der Waals surface area contributed by atoms with Crippen LogP contribution in [0.1, 0.15) is 37.0 Å². The summed E-state index contributed by atoms with van der Waals surface area (Å²) in [7, 11) is -3.84. The van der Waals surface area contributed by atoms with Crippen LogP contribution >= 0.6 is 0 Å². The fraction of sp³-hybridized carbons (Fsp3) is 0.333. The molecule has 3 aromatic carbocycles. The third-order valence-corrected chi connectivity index (χ3v) is 7.73. The van der Waals surface area contributed by atoms with Gasteiger partial charge >= 0.3 is 0 Å². The Kier molecular flexibility index (Phi) is 10.2. The van der Waals surface area contributed by atoms with Crippen molar-refractivity contribution in [2.24, 2.45) is 0 Å². The van der Waals surface area contributed by atoms with Gasteiger partial charge in [0.05, 0.1) is 11.9 Å². The summed E-state index contributed by atoms with van der Waals surface area (Å²) >= 11 is 0. The van der Waals surface area contributed by atoms with Crippen molar-refractivity contribution in [1.29, 1.82) is 0 Å². The highest BCUT2D eigenvalue weighted by atomic mass is 32.2. The molecule has 0 aromatic heterocycles. The quantitative estimate of drug-likeness (QED) is 0.359. The summed E-state index contributed by atoms with van der Waals surface area (Å²) in [6.07, 6.45) is 1.97. The van der Waals surface area contributed by atoms with Crippen LogP contribution in [0.15, 0.2) is 78.9 Å². The number of carbonyl (C=O) groups is 2. The first-order chi connectivity index (χ1) is 18.5. The number of nitrogens with zero attached hydrogens (tertiary/aromatic N) is 2. The third-order valence-electron chi connectivity index (χ3n) is 6.60. The standard InChI is InChI=1S/C30H36FN3O4S/c1-5-23(3)32-30(36)28(19-24-12-7-6-8-13-24)33(20-25-15-17-26(31)18-16-25)29(35)21-34(39(4,37)38)27-14-10-9-11-22(27)2/h6-18,23,28H,5,19-21H2,1-4H3,(H,32,36)/t23-,28-/m0/s1. The monoisotopic (exact) mass is 553 g/mol. The average molecular weight is 554 g/mol. The van der Waals surface area contributed by atoms with Gasteiger partial charge in [-0.2, -0.15) is 0 Å². The summed E-state index contributed by atoms with van der Waals surface area (Å²) in [5.74, 6) is -1.31. The van der Waals surface area contributed by atoms with Gasteiger partial charge in [0.15, 0.2) is 0 Å². The van der Waals surface area contributed by atoms with Crippen molar-refractivity contribution in [2.75, 3.05) is 17.1 Å². The maximum atomic E-state index is 14.0. The van der Waals surface area contributed by atoms with Gasteiger partial charge in [0.25, 0.3) is 0 Å². The number of sulfonamides is 1. The fourth-order valence-electron chi connectivity index (χ4n) is 4.22. The molecule has 0 spiro atoms. The second-order valence-electron chi connectivity index (χ2n) is 9.73. The first-order valence-electron chi connectivity index (χ1n) is 12.9. The molecule has 0 aliphatic carbocycles. The van der Waals surface area contributed by atoms with Gasteiger partial charge in [-0.3, -0.25) is 13.9 Å². The Bertz CT molecular complexity index is 1360. The van der Waals surface area contributed by atoms with E-state index in [0.717, 1.165) is 16.1 Å². The summed E-state index contributed by atoms with van der Waals surface area (Å²) < 4.78 is 40.4. The van der Waals surface area contributed by atoms with E-state index in [4.69, 9.17) is 0 Å². The Hall–Kier alpha value is -3.72. The van der Waals surface area contributed by atoms with E-state index in [2.05, 4.69) is 5.32 Å². The SMILES string of the molecule is CC[C@H](C)NC(=O)[C@H](Cc1ccccc1)N(Cc1ccc(F)cc1)C(=O)CN(c1ccccc1C)S(C)(=O)=O. The molecule has 9 heteroatoms. The summed E-state index contributed by atoms with van der Waals surface area (Å²) in [6.45, 7) is 5.10. The number of para-hydroxylation sites is 1. The van der Waals surface area contributed by atoms with Gasteiger partial charge in [0.2, 0.25) is 21.8 Å². The largest absolute Gasteiger partial charge is 0.352 e. The number of nitrogens with one attached hydrogen (secondary N) is 1. The number of amides is 2. The summed E-state index contributed by atoms with van der Waals surface area (Å²) in [4.78, 5) is 29.0. The Balaban J connectivity index is 2.06. The predicted molar refractivity (Wildman–Crippen MR) is 152 cm³/mol. The van der Waals surface area contributed by atoms with Crippen LogP contribution in [0.2, 0.25) is 0 Å². The van der Waals surface area contributed by atoms with E-state index in [-0.39, 0.29) is 24.9 Å². The second-order valence-corrected chi connectivity index (χ2v) is 11.6. The van der Waals surface area contributed by atoms with Gasteiger partial charge in [-0.1, -0.05) is 67.6 Å². The van der Waals surface area contributed by atoms with Crippen LogP contribution in [0.25, 0.3) is 0 Å². The molecule has 0 radical (unpaired) electrons. The molecule has 1 N–H and O–H groups in total. The predicted octanol–water partition coefficient (Wildman–Crippen LogP) is 4.45. The second kappa shape index (κ2) is 13.4. The number of hydrogen-bond donors (Lipinski definition) is 1. The van der Waals surface area contributed by atoms with E-state index in [0.29, 0.717) is 23.2 Å². The smallest absolute Gasteiger partial charge is 0.244 e. The lowest BCUT2D eigenvalue weighted by atomic mass is 10.0. The molecule has 3 rings (SSSR count). The van der Waals surface area contributed by atoms with E-state index < -0.39 is 34.3 Å². The lowest BCUT2D eigenvalue weighted by Crippen LogP contribution is -2.54. The van der Waals surface area contributed by atoms with Crippen LogP contribution < -0.4 is 9.62 Å². The number of aryl methyl sites for hydroxylation is 1. The Morgan fingerprint density at radius 1 is 0.923 bits per heavy atom. The van der Waals surface area contributed by atoms with Crippen LogP contribution in [0, 0.1) is 12.7 Å². The maximum Gasteiger partial charge on any atom is 0.244 e. The molecule has 3 aromatic rings. The molecule has 2 amide bonds. The first kappa shape index (κ1) is 29.8. The number of rotatable bonds is 12. The number of anilines is 1. The van der Waals surface area contributed by atoms with Gasteiger partial charge in [-0.25, -0.2) is 12.8 Å². The lowest BCUT2D eigenvalue weighted by Gasteiger charge is -2.34. The Morgan fingerprint density at radius 2 is 1.54 bits per heavy atom. The van der Waals surface area contributed by atoms with E-state index >= 15 is 0 Å². The fourth-order valence-corrected chi connectivity index (χ4v) is 5.13. The van der Waals surface area contributed by atoms with Crippen LogP contribution in [-0.2, 0) is 32.6 Å².